The highest BCUT2D eigenvalue weighted by Crippen LogP contribution is 2.52. The lowest BCUT2D eigenvalue weighted by molar-refractivity contribution is 0.641. The number of para-hydroxylation sites is 2. The van der Waals surface area contributed by atoms with Crippen LogP contribution in [0.1, 0.15) is 60.4 Å². The van der Waals surface area contributed by atoms with Gasteiger partial charge in [-0.25, -0.2) is 0 Å². The number of hydrogen-bond acceptors (Lipinski definition) is 0. The van der Waals surface area contributed by atoms with Crippen molar-refractivity contribution in [3.63, 3.8) is 0 Å². The first-order valence-corrected chi connectivity index (χ1v) is 19.5. The third kappa shape index (κ3) is 5.45. The summed E-state index contributed by atoms with van der Waals surface area (Å²) < 4.78 is 2.50. The maximum atomic E-state index is 2.52. The molecule has 55 heavy (non-hydrogen) atoms. The lowest BCUT2D eigenvalue weighted by atomic mass is 9.75. The Morgan fingerprint density at radius 2 is 0.982 bits per heavy atom. The van der Waals surface area contributed by atoms with Crippen molar-refractivity contribution in [2.24, 2.45) is 0 Å². The van der Waals surface area contributed by atoms with E-state index in [2.05, 4.69) is 219 Å². The minimum Gasteiger partial charge on any atom is -0.309 e. The fourth-order valence-electron chi connectivity index (χ4n) is 9.44. The molecule has 1 aliphatic carbocycles. The number of benzene rings is 8. The van der Waals surface area contributed by atoms with Gasteiger partial charge in [0.15, 0.2) is 0 Å². The molecule has 1 aliphatic rings. The Balaban J connectivity index is 1.12. The largest absolute Gasteiger partial charge is 0.309 e. The summed E-state index contributed by atoms with van der Waals surface area (Å²) in [5.41, 5.74) is 18.1. The van der Waals surface area contributed by atoms with Crippen LogP contribution in [0.15, 0.2) is 194 Å². The first-order chi connectivity index (χ1) is 27.0. The molecule has 0 N–H and O–H groups in total. The molecule has 0 aliphatic heterocycles. The van der Waals surface area contributed by atoms with Crippen LogP contribution in [0, 0.1) is 0 Å². The average molecular weight is 706 g/mol. The molecule has 0 amide bonds. The fourth-order valence-corrected chi connectivity index (χ4v) is 9.44. The van der Waals surface area contributed by atoms with Crippen molar-refractivity contribution < 1.29 is 0 Å². The van der Waals surface area contributed by atoms with Crippen LogP contribution in [-0.2, 0) is 5.41 Å². The van der Waals surface area contributed by atoms with Gasteiger partial charge in [-0.2, -0.15) is 0 Å². The molecule has 264 valence electrons. The maximum Gasteiger partial charge on any atom is 0.0579 e. The van der Waals surface area contributed by atoms with Gasteiger partial charge in [0.1, 0.15) is 0 Å². The van der Waals surface area contributed by atoms with Crippen LogP contribution in [0.4, 0.5) is 0 Å². The summed E-state index contributed by atoms with van der Waals surface area (Å²) in [6, 6.07) is 71.9. The van der Waals surface area contributed by atoms with Crippen molar-refractivity contribution in [2.45, 2.75) is 38.0 Å². The van der Waals surface area contributed by atoms with Gasteiger partial charge in [-0.15, -0.1) is 0 Å². The molecule has 1 aromatic heterocycles. The summed E-state index contributed by atoms with van der Waals surface area (Å²) in [4.78, 5) is 0. The zero-order valence-corrected chi connectivity index (χ0v) is 31.6. The van der Waals surface area contributed by atoms with E-state index in [-0.39, 0.29) is 17.3 Å². The molecule has 0 spiro atoms. The third-order valence-corrected chi connectivity index (χ3v) is 12.3. The summed E-state index contributed by atoms with van der Waals surface area (Å²) in [5, 5.41) is 2.56. The van der Waals surface area contributed by atoms with Gasteiger partial charge in [0.2, 0.25) is 0 Å². The van der Waals surface area contributed by atoms with Gasteiger partial charge in [0, 0.05) is 27.8 Å². The average Bonchev–Trinajstić information content (AvgIpc) is 3.70. The van der Waals surface area contributed by atoms with E-state index in [0.717, 1.165) is 0 Å². The van der Waals surface area contributed by atoms with Crippen LogP contribution in [0.25, 0.3) is 60.9 Å². The zero-order chi connectivity index (χ0) is 37.1. The quantitative estimate of drug-likeness (QED) is 0.156. The Hall–Kier alpha value is -6.44. The molecule has 0 bridgehead atoms. The van der Waals surface area contributed by atoms with Gasteiger partial charge < -0.3 is 4.57 Å². The predicted octanol–water partition coefficient (Wildman–Crippen LogP) is 14.4. The summed E-state index contributed by atoms with van der Waals surface area (Å²) in [7, 11) is 0. The van der Waals surface area contributed by atoms with Gasteiger partial charge in [-0.05, 0) is 91.4 Å². The van der Waals surface area contributed by atoms with Gasteiger partial charge in [0.25, 0.3) is 0 Å². The van der Waals surface area contributed by atoms with Crippen molar-refractivity contribution in [3.05, 3.63) is 222 Å². The molecular weight excluding hydrogens is 663 g/mol. The maximum absolute atomic E-state index is 2.52. The second-order valence-corrected chi connectivity index (χ2v) is 15.7. The molecule has 0 radical (unpaired) electrons. The Bertz CT molecular complexity index is 2830. The number of fused-ring (bicyclic) bond motifs is 6. The van der Waals surface area contributed by atoms with Crippen molar-refractivity contribution in [2.75, 3.05) is 0 Å². The minimum atomic E-state index is -0.119. The van der Waals surface area contributed by atoms with Crippen LogP contribution in [0.5, 0.6) is 0 Å². The smallest absolute Gasteiger partial charge is 0.0579 e. The van der Waals surface area contributed by atoms with E-state index < -0.39 is 0 Å². The molecule has 0 saturated carbocycles. The Labute approximate surface area is 324 Å². The first kappa shape index (κ1) is 33.2. The highest BCUT2D eigenvalue weighted by molar-refractivity contribution is 6.10. The zero-order valence-electron chi connectivity index (χ0n) is 31.6. The number of rotatable bonds is 7. The van der Waals surface area contributed by atoms with E-state index in [9.17, 15) is 0 Å². The molecule has 8 aromatic carbocycles. The van der Waals surface area contributed by atoms with E-state index in [1.54, 1.807) is 0 Å². The molecule has 2 atom stereocenters. The standard InChI is InChI=1S/C54H43N/c1-36(41-28-32-44-45-33-29-42(38-18-9-5-10-19-38)35-50(45)54(2,3)49(44)34-41)52(40-20-11-6-12-21-40)48-24-15-23-47-46-22-13-14-25-51(46)55(53(47)48)43-30-26-39(27-31-43)37-16-7-4-8-17-37/h4-36,52H,1-3H3. The fraction of sp³-hybridized carbons (Fsp3) is 0.111. The van der Waals surface area contributed by atoms with Gasteiger partial charge in [-0.3, -0.25) is 0 Å². The molecule has 9 aromatic rings. The molecule has 1 heterocycles. The summed E-state index contributed by atoms with van der Waals surface area (Å²) >= 11 is 0. The number of hydrogen-bond donors (Lipinski definition) is 0. The minimum absolute atomic E-state index is 0.117. The van der Waals surface area contributed by atoms with Gasteiger partial charge >= 0.3 is 0 Å². The monoisotopic (exact) mass is 705 g/mol. The van der Waals surface area contributed by atoms with E-state index in [1.807, 2.05) is 0 Å². The van der Waals surface area contributed by atoms with Gasteiger partial charge in [0.05, 0.1) is 11.0 Å². The molecule has 0 fully saturated rings. The molecule has 2 unspecified atom stereocenters. The van der Waals surface area contributed by atoms with E-state index in [1.165, 1.54) is 88.7 Å². The normalized spacial score (nSPS) is 14.1. The van der Waals surface area contributed by atoms with Crippen molar-refractivity contribution >= 4 is 21.8 Å². The number of aromatic nitrogens is 1. The SMILES string of the molecule is CC(c1ccc2c(c1)C(C)(C)c1cc(-c3ccccc3)ccc1-2)C(c1ccccc1)c1cccc2c3ccccc3n(-c3ccc(-c4ccccc4)cc3)c12. The Morgan fingerprint density at radius 3 is 1.69 bits per heavy atom. The van der Waals surface area contributed by atoms with Crippen LogP contribution < -0.4 is 0 Å². The topological polar surface area (TPSA) is 4.93 Å². The predicted molar refractivity (Wildman–Crippen MR) is 232 cm³/mol. The highest BCUT2D eigenvalue weighted by atomic mass is 15.0. The summed E-state index contributed by atoms with van der Waals surface area (Å²) in [5.74, 6) is 0.316. The Morgan fingerprint density at radius 1 is 0.436 bits per heavy atom. The van der Waals surface area contributed by atoms with Crippen LogP contribution in [0.3, 0.4) is 0 Å². The highest BCUT2D eigenvalue weighted by Gasteiger charge is 2.37. The van der Waals surface area contributed by atoms with Crippen molar-refractivity contribution in [1.82, 2.24) is 4.57 Å². The van der Waals surface area contributed by atoms with E-state index in [4.69, 9.17) is 0 Å². The van der Waals surface area contributed by atoms with Gasteiger partial charge in [-0.1, -0.05) is 191 Å². The van der Waals surface area contributed by atoms with Crippen LogP contribution >= 0.6 is 0 Å². The summed E-state index contributed by atoms with van der Waals surface area (Å²) in [6.07, 6.45) is 0. The lowest BCUT2D eigenvalue weighted by Gasteiger charge is -2.29. The summed E-state index contributed by atoms with van der Waals surface area (Å²) in [6.45, 7) is 7.23. The first-order valence-electron chi connectivity index (χ1n) is 19.5. The molecule has 0 saturated heterocycles. The third-order valence-electron chi connectivity index (χ3n) is 12.3. The second-order valence-electron chi connectivity index (χ2n) is 15.7. The second kappa shape index (κ2) is 13.1. The van der Waals surface area contributed by atoms with Crippen molar-refractivity contribution in [3.8, 4) is 39.1 Å². The molecular formula is C54H43N. The Kier molecular flexibility index (Phi) is 7.92. The molecule has 1 nitrogen and oxygen atoms in total. The lowest BCUT2D eigenvalue weighted by Crippen LogP contribution is -2.17. The molecule has 10 rings (SSSR count). The molecule has 1 heteroatoms. The van der Waals surface area contributed by atoms with Crippen molar-refractivity contribution in [1.29, 1.82) is 0 Å². The van der Waals surface area contributed by atoms with Crippen LogP contribution in [-0.4, -0.2) is 4.57 Å². The van der Waals surface area contributed by atoms with E-state index >= 15 is 0 Å². The number of nitrogens with zero attached hydrogens (tertiary/aromatic N) is 1. The van der Waals surface area contributed by atoms with E-state index in [0.29, 0.717) is 0 Å². The van der Waals surface area contributed by atoms with Crippen LogP contribution in [0.2, 0.25) is 0 Å².